The molecule has 0 radical (unpaired) electrons. The molecule has 0 aliphatic carbocycles. The molecule has 3 nitrogen and oxygen atoms in total. The van der Waals surface area contributed by atoms with Crippen molar-refractivity contribution in [2.45, 2.75) is 25.0 Å². The first-order valence-electron chi connectivity index (χ1n) is 8.13. The molecular formula is C20H21FN2O. The van der Waals surface area contributed by atoms with Crippen LogP contribution < -0.4 is 0 Å². The summed E-state index contributed by atoms with van der Waals surface area (Å²) >= 11 is 0. The van der Waals surface area contributed by atoms with E-state index in [0.717, 1.165) is 36.1 Å². The quantitative estimate of drug-likeness (QED) is 0.839. The second-order valence-corrected chi connectivity index (χ2v) is 6.52. The molecule has 0 spiro atoms. The SMILES string of the molecule is CN(C)CCC[C@]1(c2cccc(F)c2)OCc2cc(C#N)ccc21. The van der Waals surface area contributed by atoms with Crippen LogP contribution in [-0.4, -0.2) is 25.5 Å². The third-order valence-electron chi connectivity index (χ3n) is 4.57. The molecule has 2 aromatic rings. The molecule has 3 rings (SSSR count). The Labute approximate surface area is 142 Å². The highest BCUT2D eigenvalue weighted by Crippen LogP contribution is 2.45. The van der Waals surface area contributed by atoms with Crippen LogP contribution in [0.2, 0.25) is 0 Å². The summed E-state index contributed by atoms with van der Waals surface area (Å²) < 4.78 is 20.1. The van der Waals surface area contributed by atoms with Gasteiger partial charge in [-0.3, -0.25) is 0 Å². The highest BCUT2D eigenvalue weighted by Gasteiger charge is 2.41. The van der Waals surface area contributed by atoms with Gasteiger partial charge < -0.3 is 9.64 Å². The van der Waals surface area contributed by atoms with Crippen molar-refractivity contribution in [3.63, 3.8) is 0 Å². The number of ether oxygens (including phenoxy) is 1. The number of rotatable bonds is 5. The third-order valence-corrected chi connectivity index (χ3v) is 4.57. The van der Waals surface area contributed by atoms with Crippen LogP contribution in [0, 0.1) is 17.1 Å². The molecule has 4 heteroatoms. The van der Waals surface area contributed by atoms with E-state index in [1.165, 1.54) is 6.07 Å². The van der Waals surface area contributed by atoms with Crippen molar-refractivity contribution >= 4 is 0 Å². The molecule has 124 valence electrons. The van der Waals surface area contributed by atoms with Gasteiger partial charge in [-0.25, -0.2) is 4.39 Å². The minimum Gasteiger partial charge on any atom is -0.361 e. The molecule has 0 fully saturated rings. The van der Waals surface area contributed by atoms with Crippen molar-refractivity contribution in [2.24, 2.45) is 0 Å². The molecule has 0 saturated carbocycles. The van der Waals surface area contributed by atoms with Crippen molar-refractivity contribution in [1.82, 2.24) is 4.90 Å². The van der Waals surface area contributed by atoms with E-state index >= 15 is 0 Å². The average Bonchev–Trinajstić information content (AvgIpc) is 2.93. The van der Waals surface area contributed by atoms with E-state index in [4.69, 9.17) is 10.00 Å². The van der Waals surface area contributed by atoms with E-state index in [2.05, 4.69) is 11.0 Å². The summed E-state index contributed by atoms with van der Waals surface area (Å²) in [6, 6.07) is 14.5. The Balaban J connectivity index is 2.04. The molecule has 0 amide bonds. The summed E-state index contributed by atoms with van der Waals surface area (Å²) in [5.74, 6) is -0.259. The van der Waals surface area contributed by atoms with Crippen molar-refractivity contribution in [2.75, 3.05) is 20.6 Å². The monoisotopic (exact) mass is 324 g/mol. The highest BCUT2D eigenvalue weighted by molar-refractivity contribution is 5.48. The normalized spacial score (nSPS) is 19.3. The maximum Gasteiger partial charge on any atom is 0.123 e. The van der Waals surface area contributed by atoms with Crippen molar-refractivity contribution < 1.29 is 9.13 Å². The zero-order valence-electron chi connectivity index (χ0n) is 14.1. The maximum atomic E-state index is 13.8. The lowest BCUT2D eigenvalue weighted by Crippen LogP contribution is -2.28. The summed E-state index contributed by atoms with van der Waals surface area (Å²) in [5, 5.41) is 9.11. The molecule has 0 N–H and O–H groups in total. The Morgan fingerprint density at radius 3 is 2.79 bits per heavy atom. The van der Waals surface area contributed by atoms with Crippen LogP contribution in [0.3, 0.4) is 0 Å². The Morgan fingerprint density at radius 1 is 1.25 bits per heavy atom. The second kappa shape index (κ2) is 6.72. The Kier molecular flexibility index (Phi) is 4.66. The molecule has 24 heavy (non-hydrogen) atoms. The van der Waals surface area contributed by atoms with Gasteiger partial charge in [0.05, 0.1) is 18.2 Å². The molecule has 0 unspecified atom stereocenters. The minimum atomic E-state index is -0.637. The molecule has 2 aromatic carbocycles. The van der Waals surface area contributed by atoms with E-state index in [-0.39, 0.29) is 5.82 Å². The van der Waals surface area contributed by atoms with Crippen molar-refractivity contribution in [3.05, 3.63) is 70.5 Å². The number of fused-ring (bicyclic) bond motifs is 1. The van der Waals surface area contributed by atoms with Crippen LogP contribution in [0.4, 0.5) is 4.39 Å². The lowest BCUT2D eigenvalue weighted by atomic mass is 9.81. The van der Waals surface area contributed by atoms with Gasteiger partial charge in [-0.05, 0) is 74.4 Å². The fraction of sp³-hybridized carbons (Fsp3) is 0.350. The number of nitriles is 1. The molecule has 0 bridgehead atoms. The van der Waals surface area contributed by atoms with Gasteiger partial charge in [-0.15, -0.1) is 0 Å². The molecule has 1 heterocycles. The summed E-state index contributed by atoms with van der Waals surface area (Å²) in [7, 11) is 4.08. The first-order chi connectivity index (χ1) is 11.5. The van der Waals surface area contributed by atoms with Gasteiger partial charge in [0.2, 0.25) is 0 Å². The molecule has 1 atom stereocenters. The number of hydrogen-bond donors (Lipinski definition) is 0. The Morgan fingerprint density at radius 2 is 2.08 bits per heavy atom. The maximum absolute atomic E-state index is 13.8. The number of halogens is 1. The Hall–Kier alpha value is -2.22. The molecule has 0 aromatic heterocycles. The van der Waals surface area contributed by atoms with Gasteiger partial charge in [0.25, 0.3) is 0 Å². The Bertz CT molecular complexity index is 781. The first kappa shape index (κ1) is 16.6. The zero-order valence-corrected chi connectivity index (χ0v) is 14.1. The van der Waals surface area contributed by atoms with Gasteiger partial charge in [0.1, 0.15) is 11.4 Å². The molecular weight excluding hydrogens is 303 g/mol. The van der Waals surface area contributed by atoms with Crippen LogP contribution >= 0.6 is 0 Å². The topological polar surface area (TPSA) is 36.3 Å². The van der Waals surface area contributed by atoms with E-state index in [1.807, 2.05) is 38.4 Å². The number of benzene rings is 2. The van der Waals surface area contributed by atoms with Crippen LogP contribution in [0.25, 0.3) is 0 Å². The predicted octanol–water partition coefficient (Wildman–Crippen LogP) is 3.81. The van der Waals surface area contributed by atoms with Crippen LogP contribution in [0.15, 0.2) is 42.5 Å². The average molecular weight is 324 g/mol. The summed E-state index contributed by atoms with van der Waals surface area (Å²) in [6.07, 6.45) is 1.70. The van der Waals surface area contributed by atoms with E-state index in [9.17, 15) is 4.39 Å². The fourth-order valence-electron chi connectivity index (χ4n) is 3.43. The standard InChI is InChI=1S/C20H21FN2O/c1-23(2)10-4-9-20(17-5-3-6-18(21)12-17)19-8-7-15(13-22)11-16(19)14-24-20/h3,5-8,11-12H,4,9-10,14H2,1-2H3/t20-/m1/s1. The highest BCUT2D eigenvalue weighted by atomic mass is 19.1. The molecule has 0 saturated heterocycles. The second-order valence-electron chi connectivity index (χ2n) is 6.52. The van der Waals surface area contributed by atoms with E-state index in [1.54, 1.807) is 12.1 Å². The summed E-state index contributed by atoms with van der Waals surface area (Å²) in [4.78, 5) is 2.13. The zero-order chi connectivity index (χ0) is 17.2. The van der Waals surface area contributed by atoms with Gasteiger partial charge in [0, 0.05) is 0 Å². The van der Waals surface area contributed by atoms with Crippen LogP contribution in [-0.2, 0) is 16.9 Å². The smallest absolute Gasteiger partial charge is 0.123 e. The van der Waals surface area contributed by atoms with E-state index < -0.39 is 5.60 Å². The third kappa shape index (κ3) is 3.06. The fourth-order valence-corrected chi connectivity index (χ4v) is 3.43. The molecule has 1 aliphatic heterocycles. The number of hydrogen-bond acceptors (Lipinski definition) is 3. The lowest BCUT2D eigenvalue weighted by molar-refractivity contribution is -0.0141. The van der Waals surface area contributed by atoms with Crippen LogP contribution in [0.1, 0.15) is 35.1 Å². The first-order valence-corrected chi connectivity index (χ1v) is 8.13. The van der Waals surface area contributed by atoms with Crippen LogP contribution in [0.5, 0.6) is 0 Å². The van der Waals surface area contributed by atoms with E-state index in [0.29, 0.717) is 12.2 Å². The largest absolute Gasteiger partial charge is 0.361 e. The predicted molar refractivity (Wildman–Crippen MR) is 90.9 cm³/mol. The van der Waals surface area contributed by atoms with Gasteiger partial charge in [-0.1, -0.05) is 18.2 Å². The number of nitrogens with zero attached hydrogens (tertiary/aromatic N) is 2. The lowest BCUT2D eigenvalue weighted by Gasteiger charge is -2.31. The van der Waals surface area contributed by atoms with Gasteiger partial charge in [0.15, 0.2) is 0 Å². The summed E-state index contributed by atoms with van der Waals surface area (Å²) in [6.45, 7) is 1.38. The van der Waals surface area contributed by atoms with Gasteiger partial charge in [-0.2, -0.15) is 5.26 Å². The van der Waals surface area contributed by atoms with Gasteiger partial charge >= 0.3 is 0 Å². The summed E-state index contributed by atoms with van der Waals surface area (Å²) in [5.41, 5.74) is 2.89. The van der Waals surface area contributed by atoms with Crippen molar-refractivity contribution in [1.29, 1.82) is 5.26 Å². The van der Waals surface area contributed by atoms with Crippen molar-refractivity contribution in [3.8, 4) is 6.07 Å². The molecule has 1 aliphatic rings. The minimum absolute atomic E-state index is 0.259.